The van der Waals surface area contributed by atoms with Crippen LogP contribution in [-0.4, -0.2) is 48.3 Å². The predicted molar refractivity (Wildman–Crippen MR) is 116 cm³/mol. The number of amides is 1. The van der Waals surface area contributed by atoms with Gasteiger partial charge >= 0.3 is 5.92 Å². The zero-order chi connectivity index (χ0) is 24.0. The zero-order valence-electron chi connectivity index (χ0n) is 18.0. The molecule has 1 aromatic heterocycles. The summed E-state index contributed by atoms with van der Waals surface area (Å²) in [6.45, 7) is -0.238. The number of anilines is 1. The van der Waals surface area contributed by atoms with E-state index in [2.05, 4.69) is 15.3 Å². The number of carbonyl (C=O) groups is 1. The van der Waals surface area contributed by atoms with Crippen molar-refractivity contribution in [1.29, 1.82) is 5.26 Å². The summed E-state index contributed by atoms with van der Waals surface area (Å²) in [6.07, 6.45) is 2.32. The lowest BCUT2D eigenvalue weighted by Gasteiger charge is -2.51. The number of amidine groups is 1. The Labute approximate surface area is 193 Å². The molecule has 1 aromatic carbocycles. The van der Waals surface area contributed by atoms with E-state index < -0.39 is 29.6 Å². The van der Waals surface area contributed by atoms with E-state index in [0.29, 0.717) is 25.0 Å². The van der Waals surface area contributed by atoms with Gasteiger partial charge in [0.1, 0.15) is 23.1 Å². The van der Waals surface area contributed by atoms with Crippen molar-refractivity contribution in [3.63, 3.8) is 0 Å². The number of nitriles is 1. The summed E-state index contributed by atoms with van der Waals surface area (Å²) in [5, 5.41) is 11.5. The number of aromatic nitrogens is 1. The van der Waals surface area contributed by atoms with Gasteiger partial charge in [-0.2, -0.15) is 14.0 Å². The lowest BCUT2D eigenvalue weighted by Crippen LogP contribution is -2.61. The number of halogens is 2. The number of hydrogen-bond acceptors (Lipinski definition) is 8. The third kappa shape index (κ3) is 3.60. The van der Waals surface area contributed by atoms with Crippen LogP contribution >= 0.6 is 0 Å². The van der Waals surface area contributed by atoms with Crippen LogP contribution in [0.1, 0.15) is 40.9 Å². The maximum absolute atomic E-state index is 15.6. The monoisotopic (exact) mass is 469 g/mol. The van der Waals surface area contributed by atoms with Gasteiger partial charge in [-0.25, -0.2) is 9.98 Å². The van der Waals surface area contributed by atoms with Crippen molar-refractivity contribution in [1.82, 2.24) is 4.98 Å². The van der Waals surface area contributed by atoms with E-state index in [1.54, 1.807) is 6.07 Å². The molecule has 5 rings (SSSR count). The molecule has 4 heterocycles. The summed E-state index contributed by atoms with van der Waals surface area (Å²) in [6, 6.07) is 8.97. The molecule has 1 amide bonds. The van der Waals surface area contributed by atoms with Crippen molar-refractivity contribution in [3.05, 3.63) is 53.3 Å². The highest BCUT2D eigenvalue weighted by Crippen LogP contribution is 2.56. The van der Waals surface area contributed by atoms with E-state index in [1.165, 1.54) is 30.5 Å². The Hall–Kier alpha value is -3.78. The van der Waals surface area contributed by atoms with Crippen molar-refractivity contribution in [2.75, 3.05) is 25.1 Å². The first-order valence-electron chi connectivity index (χ1n) is 10.7. The molecular formula is C23H21F2N5O4. The van der Waals surface area contributed by atoms with Crippen molar-refractivity contribution >= 4 is 17.6 Å². The van der Waals surface area contributed by atoms with Gasteiger partial charge in [0.05, 0.1) is 12.2 Å². The molecule has 0 saturated carbocycles. The first-order valence-corrected chi connectivity index (χ1v) is 10.7. The molecule has 0 radical (unpaired) electrons. The smallest absolute Gasteiger partial charge is 0.310 e. The van der Waals surface area contributed by atoms with Crippen LogP contribution < -0.4 is 15.8 Å². The Bertz CT molecular complexity index is 1200. The molecule has 1 fully saturated rings. The van der Waals surface area contributed by atoms with Crippen LogP contribution in [-0.2, 0) is 15.0 Å². The molecule has 1 saturated heterocycles. The third-order valence-electron chi connectivity index (χ3n) is 6.31. The number of aliphatic imine (C=N–C) groups is 1. The number of hydrogen-bond donors (Lipinski definition) is 2. The molecule has 2 atom stereocenters. The summed E-state index contributed by atoms with van der Waals surface area (Å²) in [7, 11) is 0. The first kappa shape index (κ1) is 22.0. The van der Waals surface area contributed by atoms with Gasteiger partial charge in [-0.05, 0) is 43.2 Å². The van der Waals surface area contributed by atoms with Crippen molar-refractivity contribution in [2.45, 2.75) is 36.3 Å². The number of carbonyl (C=O) groups excluding carboxylic acids is 1. The molecular weight excluding hydrogens is 448 g/mol. The number of benzene rings is 1. The lowest BCUT2D eigenvalue weighted by atomic mass is 9.71. The quantitative estimate of drug-likeness (QED) is 0.691. The highest BCUT2D eigenvalue weighted by atomic mass is 19.3. The van der Waals surface area contributed by atoms with Gasteiger partial charge in [0.25, 0.3) is 11.9 Å². The van der Waals surface area contributed by atoms with E-state index in [9.17, 15) is 4.79 Å². The molecule has 3 aliphatic heterocycles. The number of rotatable bonds is 2. The summed E-state index contributed by atoms with van der Waals surface area (Å²) >= 11 is 0. The molecule has 3 aliphatic rings. The Morgan fingerprint density at radius 2 is 2.09 bits per heavy atom. The number of nitrogens with zero attached hydrogens (tertiary/aromatic N) is 3. The van der Waals surface area contributed by atoms with Crippen molar-refractivity contribution in [3.8, 4) is 11.8 Å². The van der Waals surface area contributed by atoms with Crippen molar-refractivity contribution in [2.24, 2.45) is 10.7 Å². The maximum atomic E-state index is 15.6. The van der Waals surface area contributed by atoms with Crippen LogP contribution in [0.25, 0.3) is 0 Å². The Balaban J connectivity index is 1.55. The molecule has 3 N–H and O–H groups in total. The van der Waals surface area contributed by atoms with Crippen LogP contribution in [0.15, 0.2) is 41.5 Å². The number of nitrogens with two attached hydrogens (primary N) is 1. The number of nitrogens with one attached hydrogen (secondary N) is 1. The van der Waals surface area contributed by atoms with E-state index >= 15 is 8.78 Å². The van der Waals surface area contributed by atoms with Crippen LogP contribution in [0.5, 0.6) is 5.75 Å². The topological polar surface area (TPSA) is 132 Å². The number of pyridine rings is 1. The molecule has 34 heavy (non-hydrogen) atoms. The minimum absolute atomic E-state index is 0.0691. The molecule has 11 heteroatoms. The second-order valence-electron chi connectivity index (χ2n) is 8.63. The second kappa shape index (κ2) is 7.92. The van der Waals surface area contributed by atoms with Gasteiger partial charge in [-0.3, -0.25) is 4.79 Å². The minimum Gasteiger partial charge on any atom is -0.484 e. The first-order chi connectivity index (χ1) is 16.3. The molecule has 2 spiro atoms. The lowest BCUT2D eigenvalue weighted by molar-refractivity contribution is -0.170. The Morgan fingerprint density at radius 3 is 2.79 bits per heavy atom. The average Bonchev–Trinajstić information content (AvgIpc) is 2.83. The summed E-state index contributed by atoms with van der Waals surface area (Å²) < 4.78 is 47.8. The normalized spacial score (nSPS) is 27.0. The van der Waals surface area contributed by atoms with Gasteiger partial charge in [-0.15, -0.1) is 0 Å². The largest absolute Gasteiger partial charge is 0.484 e. The Morgan fingerprint density at radius 1 is 1.24 bits per heavy atom. The fourth-order valence-electron chi connectivity index (χ4n) is 4.70. The standard InChI is InChI=1S/C23H21F2N5O4/c24-23(25)13-33-20(27)30-22(23)11-21(6-1-7-32-12-21)34-18-5-3-15(8-16(18)22)29-19(31)17-4-2-14(9-26)10-28-17/h2-5,8,10H,1,6-7,11-13H2,(H2,27,30)(H,29,31)/t21-,22-/m1/s1. The predicted octanol–water partition coefficient (Wildman–Crippen LogP) is 2.71. The van der Waals surface area contributed by atoms with Crippen LogP contribution in [0.2, 0.25) is 0 Å². The summed E-state index contributed by atoms with van der Waals surface area (Å²) in [5.41, 5.74) is 3.49. The van der Waals surface area contributed by atoms with Gasteiger partial charge in [-0.1, -0.05) is 0 Å². The fraction of sp³-hybridized carbons (Fsp3) is 0.391. The van der Waals surface area contributed by atoms with Gasteiger partial charge < -0.3 is 25.3 Å². The SMILES string of the molecule is N#Cc1ccc(C(=O)Nc2ccc3c(c2)[C@@]2(C[C@@]4(CCCOC4)O3)N=C(N)OCC2(F)F)nc1. The minimum atomic E-state index is -3.39. The van der Waals surface area contributed by atoms with E-state index in [0.717, 1.165) is 0 Å². The molecule has 0 unspecified atom stereocenters. The number of ether oxygens (including phenoxy) is 3. The molecule has 2 aromatic rings. The molecule has 0 bridgehead atoms. The van der Waals surface area contributed by atoms with Crippen molar-refractivity contribution < 1.29 is 27.8 Å². The van der Waals surface area contributed by atoms with Gasteiger partial charge in [0.15, 0.2) is 12.1 Å². The molecule has 176 valence electrons. The van der Waals surface area contributed by atoms with Crippen LogP contribution in [0, 0.1) is 11.3 Å². The maximum Gasteiger partial charge on any atom is 0.310 e. The zero-order valence-corrected chi connectivity index (χ0v) is 18.0. The summed E-state index contributed by atoms with van der Waals surface area (Å²) in [5.74, 6) is -3.73. The highest BCUT2D eigenvalue weighted by Gasteiger charge is 2.65. The average molecular weight is 469 g/mol. The van der Waals surface area contributed by atoms with E-state index in [-0.39, 0.29) is 41.7 Å². The Kier molecular flexibility index (Phi) is 5.13. The fourth-order valence-corrected chi connectivity index (χ4v) is 4.70. The number of alkyl halides is 2. The van der Waals surface area contributed by atoms with E-state index in [1.807, 2.05) is 6.07 Å². The summed E-state index contributed by atoms with van der Waals surface area (Å²) in [4.78, 5) is 20.8. The highest BCUT2D eigenvalue weighted by molar-refractivity contribution is 6.03. The third-order valence-corrected chi connectivity index (χ3v) is 6.31. The number of fused-ring (bicyclic) bond motifs is 2. The second-order valence-corrected chi connectivity index (χ2v) is 8.63. The van der Waals surface area contributed by atoms with E-state index in [4.69, 9.17) is 25.2 Å². The van der Waals surface area contributed by atoms with Gasteiger partial charge in [0.2, 0.25) is 0 Å². The molecule has 0 aliphatic carbocycles. The van der Waals surface area contributed by atoms with Gasteiger partial charge in [0, 0.05) is 30.5 Å². The van der Waals surface area contributed by atoms with Crippen LogP contribution in [0.3, 0.4) is 0 Å². The van der Waals surface area contributed by atoms with Crippen LogP contribution in [0.4, 0.5) is 14.5 Å². The molecule has 9 nitrogen and oxygen atoms in total.